The molecule has 1 unspecified atom stereocenters. The summed E-state index contributed by atoms with van der Waals surface area (Å²) < 4.78 is 13.1. The molecule has 2 aromatic carbocycles. The van der Waals surface area contributed by atoms with Crippen LogP contribution in [0.1, 0.15) is 47.5 Å². The van der Waals surface area contributed by atoms with Crippen molar-refractivity contribution in [2.75, 3.05) is 18.4 Å². The first-order valence-corrected chi connectivity index (χ1v) is 13.9. The monoisotopic (exact) mass is 520 g/mol. The molecule has 2 aliphatic heterocycles. The largest absolute Gasteiger partial charge is 0.412 e. The molecule has 8 heteroatoms. The van der Waals surface area contributed by atoms with Crippen molar-refractivity contribution in [3.8, 4) is 0 Å². The number of rotatable bonds is 6. The summed E-state index contributed by atoms with van der Waals surface area (Å²) in [6.07, 6.45) is 1.94. The van der Waals surface area contributed by atoms with Crippen molar-refractivity contribution in [3.63, 3.8) is 0 Å². The molecule has 0 bridgehead atoms. The molecule has 3 aromatic rings. The Hall–Kier alpha value is -3.04. The highest BCUT2D eigenvalue weighted by Crippen LogP contribution is 2.35. The fourth-order valence-electron chi connectivity index (χ4n) is 5.39. The van der Waals surface area contributed by atoms with Crippen molar-refractivity contribution >= 4 is 34.0 Å². The van der Waals surface area contributed by atoms with E-state index in [0.29, 0.717) is 23.4 Å². The van der Waals surface area contributed by atoms with E-state index in [0.717, 1.165) is 52.7 Å². The van der Waals surface area contributed by atoms with Crippen LogP contribution < -0.4 is 10.6 Å². The maximum Gasteiger partial charge on any atom is 0.256 e. The number of nitrogens with zero attached hydrogens (tertiary/aromatic N) is 1. The maximum absolute atomic E-state index is 13.1. The van der Waals surface area contributed by atoms with Gasteiger partial charge in [0.15, 0.2) is 0 Å². The highest BCUT2D eigenvalue weighted by molar-refractivity contribution is 7.84. The van der Waals surface area contributed by atoms with Crippen molar-refractivity contribution in [2.45, 2.75) is 57.0 Å². The van der Waals surface area contributed by atoms with Gasteiger partial charge in [0.1, 0.15) is 0 Å². The summed E-state index contributed by atoms with van der Waals surface area (Å²) in [4.78, 5) is 19.7. The lowest BCUT2D eigenvalue weighted by atomic mass is 10.0. The number of H-pyrrole nitrogens is 1. The van der Waals surface area contributed by atoms with Crippen LogP contribution >= 0.6 is 0 Å². The lowest BCUT2D eigenvalue weighted by Crippen LogP contribution is -2.53. The molecule has 0 radical (unpaired) electrons. The molecule has 1 amide bonds. The van der Waals surface area contributed by atoms with E-state index in [1.807, 2.05) is 54.6 Å². The molecule has 2 aliphatic rings. The standard InChI is InChI=1S/C29H34N4O2S.H2O/c1-18-14-33(15-19(2)30-18)16-26-20(3)28(31-21(26)4)13-25-24-12-23(10-11-27(24)32-29(25)34)36(35)17-22-8-6-5-7-9-22;/h5-13,18-19,30-31H,14-17H2,1-4H3,(H,32,34);1H2/b25-13-;/t18-,19+,36?;. The van der Waals surface area contributed by atoms with Gasteiger partial charge in [-0.25, -0.2) is 0 Å². The highest BCUT2D eigenvalue weighted by Gasteiger charge is 2.27. The lowest BCUT2D eigenvalue weighted by Gasteiger charge is -2.36. The summed E-state index contributed by atoms with van der Waals surface area (Å²) in [6.45, 7) is 11.6. The van der Waals surface area contributed by atoms with Crippen molar-refractivity contribution < 1.29 is 14.5 Å². The van der Waals surface area contributed by atoms with Gasteiger partial charge in [0, 0.05) is 59.3 Å². The van der Waals surface area contributed by atoms with Crippen molar-refractivity contribution in [1.29, 1.82) is 0 Å². The van der Waals surface area contributed by atoms with Crippen LogP contribution in [0, 0.1) is 13.8 Å². The highest BCUT2D eigenvalue weighted by atomic mass is 32.2. The first kappa shape index (κ1) is 27.0. The molecule has 0 saturated carbocycles. The summed E-state index contributed by atoms with van der Waals surface area (Å²) in [5.74, 6) is 0.315. The van der Waals surface area contributed by atoms with Gasteiger partial charge in [-0.15, -0.1) is 0 Å². The zero-order valence-electron chi connectivity index (χ0n) is 21.9. The van der Waals surface area contributed by atoms with Crippen LogP contribution in [-0.4, -0.2) is 50.6 Å². The molecule has 196 valence electrons. The van der Waals surface area contributed by atoms with E-state index < -0.39 is 10.8 Å². The Kier molecular flexibility index (Phi) is 8.14. The number of nitrogens with one attached hydrogen (secondary N) is 3. The third-order valence-corrected chi connectivity index (χ3v) is 8.49. The second-order valence-electron chi connectivity index (χ2n) is 10.1. The zero-order valence-corrected chi connectivity index (χ0v) is 22.7. The number of amides is 1. The molecule has 1 fully saturated rings. The van der Waals surface area contributed by atoms with Gasteiger partial charge < -0.3 is 21.1 Å². The number of carbonyl (C=O) groups is 1. The number of piperazine rings is 1. The minimum atomic E-state index is -1.20. The normalized spacial score (nSPS) is 21.4. The summed E-state index contributed by atoms with van der Waals surface area (Å²) >= 11 is 0. The fourth-order valence-corrected chi connectivity index (χ4v) is 6.53. The second-order valence-corrected chi connectivity index (χ2v) is 11.6. The van der Waals surface area contributed by atoms with Gasteiger partial charge in [-0.2, -0.15) is 0 Å². The Morgan fingerprint density at radius 3 is 2.46 bits per heavy atom. The number of carbonyl (C=O) groups excluding carboxylic acids is 1. The number of anilines is 1. The number of hydrogen-bond donors (Lipinski definition) is 3. The van der Waals surface area contributed by atoms with Gasteiger partial charge in [0.05, 0.1) is 22.1 Å². The average Bonchev–Trinajstić information content (AvgIpc) is 3.29. The smallest absolute Gasteiger partial charge is 0.256 e. The zero-order chi connectivity index (χ0) is 25.4. The predicted molar refractivity (Wildman–Crippen MR) is 151 cm³/mol. The van der Waals surface area contributed by atoms with Gasteiger partial charge in [-0.3, -0.25) is 13.9 Å². The number of fused-ring (bicyclic) bond motifs is 1. The van der Waals surface area contributed by atoms with E-state index in [2.05, 4.69) is 48.2 Å². The number of hydrogen-bond acceptors (Lipinski definition) is 4. The van der Waals surface area contributed by atoms with E-state index in [4.69, 9.17) is 0 Å². The molecule has 0 spiro atoms. The molecule has 1 saturated heterocycles. The van der Waals surface area contributed by atoms with Crippen LogP contribution in [0.2, 0.25) is 0 Å². The quantitative estimate of drug-likeness (QED) is 0.430. The SMILES string of the molecule is Cc1[nH]c(/C=C2\C(=O)Nc3ccc(S(=O)Cc4ccccc4)cc32)c(C)c1CN1C[C@@H](C)N[C@@H](C)C1.O. The van der Waals surface area contributed by atoms with Crippen LogP contribution in [0.4, 0.5) is 5.69 Å². The number of aryl methyl sites for hydroxylation is 1. The molecule has 7 nitrogen and oxygen atoms in total. The molecule has 5 rings (SSSR count). The minimum absolute atomic E-state index is 0. The Morgan fingerprint density at radius 2 is 1.76 bits per heavy atom. The summed E-state index contributed by atoms with van der Waals surface area (Å²) in [7, 11) is -1.20. The molecular formula is C29H36N4O3S. The van der Waals surface area contributed by atoms with Crippen molar-refractivity contribution in [3.05, 3.63) is 82.2 Å². The molecule has 37 heavy (non-hydrogen) atoms. The first-order chi connectivity index (χ1) is 17.3. The number of aromatic nitrogens is 1. The average molecular weight is 521 g/mol. The molecular weight excluding hydrogens is 484 g/mol. The molecule has 5 N–H and O–H groups in total. The Bertz CT molecular complexity index is 1340. The van der Waals surface area contributed by atoms with Gasteiger partial charge in [-0.1, -0.05) is 30.3 Å². The van der Waals surface area contributed by atoms with Gasteiger partial charge in [0.25, 0.3) is 5.91 Å². The summed E-state index contributed by atoms with van der Waals surface area (Å²) in [6, 6.07) is 16.4. The molecule has 0 aliphatic carbocycles. The van der Waals surface area contributed by atoms with Crippen LogP contribution in [0.25, 0.3) is 11.6 Å². The van der Waals surface area contributed by atoms with Crippen LogP contribution in [-0.2, 0) is 27.9 Å². The van der Waals surface area contributed by atoms with Gasteiger partial charge >= 0.3 is 0 Å². The van der Waals surface area contributed by atoms with E-state index in [1.54, 1.807) is 0 Å². The Labute approximate surface area is 221 Å². The third kappa shape index (κ3) is 5.78. The lowest BCUT2D eigenvalue weighted by molar-refractivity contribution is -0.110. The number of benzene rings is 2. The third-order valence-electron chi connectivity index (χ3n) is 7.11. The Balaban J connectivity index is 0.00000320. The second kappa shape index (κ2) is 11.1. The van der Waals surface area contributed by atoms with Gasteiger partial charge in [-0.05, 0) is 68.7 Å². The molecule has 3 heterocycles. The maximum atomic E-state index is 13.1. The first-order valence-electron chi connectivity index (χ1n) is 12.5. The predicted octanol–water partition coefficient (Wildman–Crippen LogP) is 3.79. The topological polar surface area (TPSA) is 109 Å². The van der Waals surface area contributed by atoms with Crippen molar-refractivity contribution in [2.24, 2.45) is 0 Å². The Morgan fingerprint density at radius 1 is 1.05 bits per heavy atom. The van der Waals surface area contributed by atoms with E-state index in [1.165, 1.54) is 11.1 Å². The van der Waals surface area contributed by atoms with E-state index >= 15 is 0 Å². The minimum Gasteiger partial charge on any atom is -0.412 e. The molecule has 3 atom stereocenters. The number of aromatic amines is 1. The van der Waals surface area contributed by atoms with Gasteiger partial charge in [0.2, 0.25) is 0 Å². The molecule has 1 aromatic heterocycles. The van der Waals surface area contributed by atoms with E-state index in [-0.39, 0.29) is 11.4 Å². The van der Waals surface area contributed by atoms with Crippen LogP contribution in [0.3, 0.4) is 0 Å². The van der Waals surface area contributed by atoms with Crippen LogP contribution in [0.5, 0.6) is 0 Å². The van der Waals surface area contributed by atoms with E-state index in [9.17, 15) is 9.00 Å². The summed E-state index contributed by atoms with van der Waals surface area (Å²) in [5, 5.41) is 6.56. The fraction of sp³-hybridized carbons (Fsp3) is 0.345. The van der Waals surface area contributed by atoms with Crippen LogP contribution in [0.15, 0.2) is 53.4 Å². The summed E-state index contributed by atoms with van der Waals surface area (Å²) in [5.41, 5.74) is 7.74. The van der Waals surface area contributed by atoms with Crippen molar-refractivity contribution in [1.82, 2.24) is 15.2 Å².